The summed E-state index contributed by atoms with van der Waals surface area (Å²) in [5.41, 5.74) is 0. The fraction of sp³-hybridized carbons (Fsp3) is 0.600. The molecule has 1 aromatic heterocycles. The molecule has 3 heterocycles. The lowest BCUT2D eigenvalue weighted by molar-refractivity contribution is -0.214. The Balaban J connectivity index is 1.69. The van der Waals surface area contributed by atoms with Gasteiger partial charge in [-0.05, 0) is 12.1 Å². The number of thiophene rings is 1. The van der Waals surface area contributed by atoms with Crippen molar-refractivity contribution in [2.45, 2.75) is 61.0 Å². The summed E-state index contributed by atoms with van der Waals surface area (Å²) in [4.78, 5) is 1.10. The van der Waals surface area contributed by atoms with Gasteiger partial charge < -0.3 is 50.3 Å². The van der Waals surface area contributed by atoms with Crippen LogP contribution in [0.15, 0.2) is 12.1 Å². The molecular weight excluding hydrogens is 432 g/mol. The maximum atomic E-state index is 10.0. The van der Waals surface area contributed by atoms with E-state index in [0.717, 1.165) is 0 Å². The Morgan fingerprint density at radius 2 is 1.03 bits per heavy atom. The predicted octanol–water partition coefficient (Wildman–Crippen LogP) is -3.86. The predicted molar refractivity (Wildman–Crippen MR) is 106 cm³/mol. The number of hydrogen-bond acceptors (Lipinski definition) is 11. The van der Waals surface area contributed by atoms with Crippen LogP contribution in [0, 0.1) is 23.7 Å². The average molecular weight is 456 g/mol. The first-order valence-corrected chi connectivity index (χ1v) is 10.3. The van der Waals surface area contributed by atoms with E-state index in [1.807, 2.05) is 0 Å². The summed E-state index contributed by atoms with van der Waals surface area (Å²) >= 11 is 1.18. The number of rotatable bonds is 2. The summed E-state index contributed by atoms with van der Waals surface area (Å²) in [6.07, 6.45) is -13.1. The number of aliphatic hydroxyl groups is 8. The van der Waals surface area contributed by atoms with Gasteiger partial charge in [0.15, 0.2) is 0 Å². The Labute approximate surface area is 181 Å². The second-order valence-electron chi connectivity index (χ2n) is 7.20. The molecule has 0 aliphatic carbocycles. The summed E-state index contributed by atoms with van der Waals surface area (Å²) in [7, 11) is 0. The van der Waals surface area contributed by atoms with Crippen LogP contribution in [0.4, 0.5) is 0 Å². The van der Waals surface area contributed by atoms with E-state index in [2.05, 4.69) is 23.7 Å². The molecular formula is C20H24O10S. The summed E-state index contributed by atoms with van der Waals surface area (Å²) in [6, 6.07) is 3.30. The van der Waals surface area contributed by atoms with Crippen molar-refractivity contribution in [3.05, 3.63) is 21.9 Å². The Morgan fingerprint density at radius 1 is 0.645 bits per heavy atom. The van der Waals surface area contributed by atoms with Gasteiger partial charge in [0.05, 0.1) is 23.0 Å². The molecule has 1 aromatic rings. The number of ether oxygens (including phenoxy) is 2. The molecule has 0 aromatic carbocycles. The van der Waals surface area contributed by atoms with Crippen LogP contribution in [0.3, 0.4) is 0 Å². The van der Waals surface area contributed by atoms with E-state index < -0.39 is 74.3 Å². The standard InChI is InChI=1S/C20H24O10S/c21-7-13-17(25)19(27)15(23)11(29-13)5-3-9-1-2-10(31-9)4-6-12-16(24)20(28)18(26)14(8-22)30-12/h1-2,11-28H,7-8H2/t11-,12-,13-,14-,15-,16-,17-,18-,19-,20-/m1/s1. The van der Waals surface area contributed by atoms with Gasteiger partial charge in [0.1, 0.15) is 61.0 Å². The molecule has 10 atom stereocenters. The molecule has 0 bridgehead atoms. The second-order valence-corrected chi connectivity index (χ2v) is 8.29. The lowest BCUT2D eigenvalue weighted by Gasteiger charge is -2.37. The van der Waals surface area contributed by atoms with Gasteiger partial charge in [0.25, 0.3) is 0 Å². The molecule has 2 saturated heterocycles. The molecule has 31 heavy (non-hydrogen) atoms. The molecule has 11 heteroatoms. The van der Waals surface area contributed by atoms with Crippen molar-refractivity contribution in [3.63, 3.8) is 0 Å². The third kappa shape index (κ3) is 5.26. The zero-order valence-corrected chi connectivity index (χ0v) is 17.0. The van der Waals surface area contributed by atoms with E-state index in [1.54, 1.807) is 12.1 Å². The average Bonchev–Trinajstić information content (AvgIpc) is 3.23. The Morgan fingerprint density at radius 3 is 1.39 bits per heavy atom. The van der Waals surface area contributed by atoms with Crippen molar-refractivity contribution < 1.29 is 50.3 Å². The molecule has 0 amide bonds. The van der Waals surface area contributed by atoms with E-state index >= 15 is 0 Å². The van der Waals surface area contributed by atoms with Gasteiger partial charge in [-0.15, -0.1) is 11.3 Å². The Kier molecular flexibility index (Phi) is 8.04. The van der Waals surface area contributed by atoms with Gasteiger partial charge in [-0.25, -0.2) is 0 Å². The van der Waals surface area contributed by atoms with Gasteiger partial charge in [0, 0.05) is 0 Å². The first-order valence-electron chi connectivity index (χ1n) is 9.50. The summed E-state index contributed by atoms with van der Waals surface area (Å²) in [6.45, 7) is -1.08. The zero-order chi connectivity index (χ0) is 22.7. The van der Waals surface area contributed by atoms with Crippen molar-refractivity contribution >= 4 is 11.3 Å². The third-order valence-electron chi connectivity index (χ3n) is 5.07. The SMILES string of the molecule is OC[C@H]1O[C@H](C#Cc2ccc(C#C[C@H]3O[C@H](CO)[C@@H](O)[C@H](O)[C@@H]3O)s2)[C@@H](O)[C@@H](O)[C@@H]1O. The molecule has 2 aliphatic heterocycles. The smallest absolute Gasteiger partial charge is 0.147 e. The molecule has 0 saturated carbocycles. The van der Waals surface area contributed by atoms with Crippen LogP contribution in [0.25, 0.3) is 0 Å². The van der Waals surface area contributed by atoms with Crippen molar-refractivity contribution in [1.29, 1.82) is 0 Å². The van der Waals surface area contributed by atoms with Crippen molar-refractivity contribution in [2.24, 2.45) is 0 Å². The lowest BCUT2D eigenvalue weighted by atomic mass is 9.95. The van der Waals surface area contributed by atoms with Crippen LogP contribution in [-0.2, 0) is 9.47 Å². The molecule has 10 nitrogen and oxygen atoms in total. The minimum Gasteiger partial charge on any atom is -0.394 e. The van der Waals surface area contributed by atoms with E-state index in [9.17, 15) is 40.9 Å². The van der Waals surface area contributed by atoms with Crippen molar-refractivity contribution in [1.82, 2.24) is 0 Å². The maximum Gasteiger partial charge on any atom is 0.147 e. The highest BCUT2D eigenvalue weighted by Gasteiger charge is 2.43. The lowest BCUT2D eigenvalue weighted by Crippen LogP contribution is -2.58. The minimum absolute atomic E-state index is 0.542. The normalized spacial score (nSPS) is 40.4. The summed E-state index contributed by atoms with van der Waals surface area (Å²) in [5.74, 6) is 10.9. The topological polar surface area (TPSA) is 180 Å². The van der Waals surface area contributed by atoms with Gasteiger partial charge in [-0.1, -0.05) is 23.7 Å². The summed E-state index contributed by atoms with van der Waals surface area (Å²) in [5, 5.41) is 77.6. The van der Waals surface area contributed by atoms with Crippen molar-refractivity contribution in [3.8, 4) is 23.7 Å². The van der Waals surface area contributed by atoms with E-state index in [4.69, 9.17) is 9.47 Å². The Hall–Kier alpha value is -1.58. The second kappa shape index (κ2) is 10.4. The number of aliphatic hydroxyl groups excluding tert-OH is 8. The highest BCUT2D eigenvalue weighted by molar-refractivity contribution is 7.13. The van der Waals surface area contributed by atoms with Crippen LogP contribution >= 0.6 is 11.3 Å². The van der Waals surface area contributed by atoms with Gasteiger partial charge >= 0.3 is 0 Å². The van der Waals surface area contributed by atoms with Gasteiger partial charge in [0.2, 0.25) is 0 Å². The molecule has 0 spiro atoms. The highest BCUT2D eigenvalue weighted by Crippen LogP contribution is 2.23. The van der Waals surface area contributed by atoms with Crippen LogP contribution in [0.5, 0.6) is 0 Å². The first-order chi connectivity index (χ1) is 14.8. The molecule has 0 unspecified atom stereocenters. The van der Waals surface area contributed by atoms with E-state index in [1.165, 1.54) is 11.3 Å². The summed E-state index contributed by atoms with van der Waals surface area (Å²) < 4.78 is 10.6. The van der Waals surface area contributed by atoms with Crippen LogP contribution in [-0.4, -0.2) is 115 Å². The van der Waals surface area contributed by atoms with Crippen LogP contribution in [0.2, 0.25) is 0 Å². The van der Waals surface area contributed by atoms with Crippen molar-refractivity contribution in [2.75, 3.05) is 13.2 Å². The Bertz CT molecular complexity index is 794. The fourth-order valence-corrected chi connectivity index (χ4v) is 3.93. The van der Waals surface area contributed by atoms with Crippen LogP contribution in [0.1, 0.15) is 9.75 Å². The monoisotopic (exact) mass is 456 g/mol. The van der Waals surface area contributed by atoms with Crippen LogP contribution < -0.4 is 0 Å². The van der Waals surface area contributed by atoms with Gasteiger partial charge in [-0.3, -0.25) is 0 Å². The largest absolute Gasteiger partial charge is 0.394 e. The molecule has 0 radical (unpaired) electrons. The van der Waals surface area contributed by atoms with E-state index in [0.29, 0.717) is 9.75 Å². The molecule has 8 N–H and O–H groups in total. The van der Waals surface area contributed by atoms with E-state index in [-0.39, 0.29) is 0 Å². The zero-order valence-electron chi connectivity index (χ0n) is 16.1. The minimum atomic E-state index is -1.51. The highest BCUT2D eigenvalue weighted by atomic mass is 32.1. The first kappa shape index (κ1) is 24.1. The molecule has 2 fully saturated rings. The van der Waals surface area contributed by atoms with Gasteiger partial charge in [-0.2, -0.15) is 0 Å². The molecule has 3 rings (SSSR count). The maximum absolute atomic E-state index is 10.0. The fourth-order valence-electron chi connectivity index (χ4n) is 3.20. The molecule has 170 valence electrons. The third-order valence-corrected chi connectivity index (χ3v) is 5.98. The molecule has 2 aliphatic rings. The quantitative estimate of drug-likeness (QED) is 0.205. The number of hydrogen-bond donors (Lipinski definition) is 8.